The third-order valence-corrected chi connectivity index (χ3v) is 4.55. The van der Waals surface area contributed by atoms with E-state index in [0.29, 0.717) is 5.56 Å². The summed E-state index contributed by atoms with van der Waals surface area (Å²) < 4.78 is 0. The Morgan fingerprint density at radius 1 is 1.33 bits per heavy atom. The van der Waals surface area contributed by atoms with Gasteiger partial charge in [0.25, 0.3) is 0 Å². The number of nitrogens with two attached hydrogens (primary N) is 1. The van der Waals surface area contributed by atoms with E-state index in [1.165, 1.54) is 44.3 Å². The number of piperidine rings is 1. The lowest BCUT2D eigenvalue weighted by Crippen LogP contribution is -2.39. The number of hydrogen-bond donors (Lipinski definition) is 2. The highest BCUT2D eigenvalue weighted by Gasteiger charge is 2.30. The van der Waals surface area contributed by atoms with Gasteiger partial charge in [0.2, 0.25) is 5.91 Å². The van der Waals surface area contributed by atoms with Crippen molar-refractivity contribution in [2.24, 2.45) is 11.7 Å². The maximum atomic E-state index is 11.3. The summed E-state index contributed by atoms with van der Waals surface area (Å²) in [6, 6.07) is 8.50. The van der Waals surface area contributed by atoms with E-state index < -0.39 is 0 Å². The molecular formula is C17H25N3O. The predicted molar refractivity (Wildman–Crippen MR) is 84.0 cm³/mol. The molecule has 4 heteroatoms. The summed E-state index contributed by atoms with van der Waals surface area (Å²) in [5, 5.41) is 3.50. The van der Waals surface area contributed by atoms with Crippen LogP contribution in [-0.4, -0.2) is 36.5 Å². The van der Waals surface area contributed by atoms with Gasteiger partial charge in [0, 0.05) is 24.7 Å². The van der Waals surface area contributed by atoms with E-state index in [1.807, 2.05) is 12.1 Å². The second kappa shape index (κ2) is 6.58. The Morgan fingerprint density at radius 2 is 2.19 bits per heavy atom. The fourth-order valence-corrected chi connectivity index (χ4v) is 3.25. The van der Waals surface area contributed by atoms with Crippen molar-refractivity contribution in [1.82, 2.24) is 10.2 Å². The van der Waals surface area contributed by atoms with Gasteiger partial charge in [0.15, 0.2) is 0 Å². The highest BCUT2D eigenvalue weighted by molar-refractivity contribution is 5.92. The average molecular weight is 287 g/mol. The van der Waals surface area contributed by atoms with Crippen LogP contribution in [0.5, 0.6) is 0 Å². The number of hydrogen-bond acceptors (Lipinski definition) is 3. The number of benzene rings is 1. The highest BCUT2D eigenvalue weighted by atomic mass is 16.1. The summed E-state index contributed by atoms with van der Waals surface area (Å²) in [4.78, 5) is 13.9. The Hall–Kier alpha value is -1.39. The van der Waals surface area contributed by atoms with Gasteiger partial charge in [-0.3, -0.25) is 9.69 Å². The highest BCUT2D eigenvalue weighted by Crippen LogP contribution is 2.30. The summed E-state index contributed by atoms with van der Waals surface area (Å²) in [5.41, 5.74) is 7.18. The van der Waals surface area contributed by atoms with Gasteiger partial charge in [-0.05, 0) is 62.4 Å². The molecule has 3 rings (SSSR count). The molecule has 21 heavy (non-hydrogen) atoms. The number of nitrogens with one attached hydrogen (secondary N) is 1. The Balaban J connectivity index is 1.64. The lowest BCUT2D eigenvalue weighted by atomic mass is 9.98. The predicted octanol–water partition coefficient (Wildman–Crippen LogP) is 1.75. The molecule has 1 atom stereocenters. The molecule has 2 aliphatic rings. The quantitative estimate of drug-likeness (QED) is 0.838. The molecule has 1 aliphatic heterocycles. The number of rotatable bonds is 6. The van der Waals surface area contributed by atoms with Crippen LogP contribution >= 0.6 is 0 Å². The van der Waals surface area contributed by atoms with Gasteiger partial charge >= 0.3 is 0 Å². The first kappa shape index (κ1) is 14.5. The molecule has 1 aliphatic carbocycles. The third-order valence-electron chi connectivity index (χ3n) is 4.55. The van der Waals surface area contributed by atoms with Crippen LogP contribution in [0, 0.1) is 5.92 Å². The molecule has 0 aromatic heterocycles. The van der Waals surface area contributed by atoms with Crippen molar-refractivity contribution in [3.63, 3.8) is 0 Å². The fourth-order valence-electron chi connectivity index (χ4n) is 3.25. The van der Waals surface area contributed by atoms with E-state index in [-0.39, 0.29) is 5.91 Å². The normalized spacial score (nSPS) is 22.4. The second-order valence-electron chi connectivity index (χ2n) is 6.44. The lowest BCUT2D eigenvalue weighted by molar-refractivity contribution is 0.1000. The number of carbonyl (C=O) groups excluding carboxylic acids is 1. The Morgan fingerprint density at radius 3 is 2.86 bits per heavy atom. The zero-order valence-electron chi connectivity index (χ0n) is 12.6. The van der Waals surface area contributed by atoms with E-state index in [2.05, 4.69) is 16.3 Å². The van der Waals surface area contributed by atoms with Crippen molar-refractivity contribution in [2.45, 2.75) is 38.3 Å². The van der Waals surface area contributed by atoms with Crippen LogP contribution < -0.4 is 11.1 Å². The molecule has 3 N–H and O–H groups in total. The molecule has 4 nitrogen and oxygen atoms in total. The Bertz CT molecular complexity index is 493. The minimum absolute atomic E-state index is 0.341. The van der Waals surface area contributed by atoms with E-state index in [1.54, 1.807) is 6.07 Å². The van der Waals surface area contributed by atoms with Crippen LogP contribution in [0.4, 0.5) is 0 Å². The molecule has 0 radical (unpaired) electrons. The summed E-state index contributed by atoms with van der Waals surface area (Å²) >= 11 is 0. The Labute approximate surface area is 126 Å². The maximum Gasteiger partial charge on any atom is 0.248 e. The first-order valence-corrected chi connectivity index (χ1v) is 8.06. The van der Waals surface area contributed by atoms with Gasteiger partial charge in [-0.25, -0.2) is 0 Å². The zero-order chi connectivity index (χ0) is 14.7. The molecule has 114 valence electrons. The van der Waals surface area contributed by atoms with Gasteiger partial charge in [0.05, 0.1) is 0 Å². The molecule has 1 saturated carbocycles. The molecule has 1 aromatic rings. The van der Waals surface area contributed by atoms with E-state index in [0.717, 1.165) is 25.0 Å². The smallest absolute Gasteiger partial charge is 0.248 e. The fraction of sp³-hybridized carbons (Fsp3) is 0.588. The van der Waals surface area contributed by atoms with Gasteiger partial charge in [0.1, 0.15) is 0 Å². The van der Waals surface area contributed by atoms with Crippen molar-refractivity contribution >= 4 is 5.91 Å². The van der Waals surface area contributed by atoms with Gasteiger partial charge in [-0.1, -0.05) is 12.1 Å². The van der Waals surface area contributed by atoms with Crippen LogP contribution in [0.15, 0.2) is 24.3 Å². The van der Waals surface area contributed by atoms with E-state index >= 15 is 0 Å². The largest absolute Gasteiger partial charge is 0.366 e. The minimum atomic E-state index is -0.341. The molecule has 2 fully saturated rings. The minimum Gasteiger partial charge on any atom is -0.366 e. The van der Waals surface area contributed by atoms with E-state index in [4.69, 9.17) is 5.73 Å². The first-order valence-electron chi connectivity index (χ1n) is 8.06. The molecule has 1 unspecified atom stereocenters. The van der Waals surface area contributed by atoms with Gasteiger partial charge in [-0.15, -0.1) is 0 Å². The zero-order valence-corrected chi connectivity index (χ0v) is 12.6. The lowest BCUT2D eigenvalue weighted by Gasteiger charge is -2.30. The molecule has 1 amide bonds. The standard InChI is InChI=1S/C17H25N3O/c18-17(21)15-5-1-3-13(9-15)11-20(16-6-7-16)12-14-4-2-8-19-10-14/h1,3,5,9,14,16,19H,2,4,6-8,10-12H2,(H2,18,21). The number of nitrogens with zero attached hydrogens (tertiary/aromatic N) is 1. The van der Waals surface area contributed by atoms with E-state index in [9.17, 15) is 4.79 Å². The summed E-state index contributed by atoms with van der Waals surface area (Å²) in [7, 11) is 0. The maximum absolute atomic E-state index is 11.3. The Kier molecular flexibility index (Phi) is 4.56. The number of primary amides is 1. The first-order chi connectivity index (χ1) is 10.2. The van der Waals surface area contributed by atoms with Crippen LogP contribution in [-0.2, 0) is 6.54 Å². The van der Waals surface area contributed by atoms with Crippen molar-refractivity contribution in [3.05, 3.63) is 35.4 Å². The number of amides is 1. The second-order valence-corrected chi connectivity index (χ2v) is 6.44. The van der Waals surface area contributed by atoms with Crippen molar-refractivity contribution in [3.8, 4) is 0 Å². The van der Waals surface area contributed by atoms with Crippen LogP contribution in [0.2, 0.25) is 0 Å². The van der Waals surface area contributed by atoms with Crippen molar-refractivity contribution in [1.29, 1.82) is 0 Å². The van der Waals surface area contributed by atoms with Gasteiger partial charge in [-0.2, -0.15) is 0 Å². The molecular weight excluding hydrogens is 262 g/mol. The van der Waals surface area contributed by atoms with Gasteiger partial charge < -0.3 is 11.1 Å². The van der Waals surface area contributed by atoms with Crippen molar-refractivity contribution in [2.75, 3.05) is 19.6 Å². The molecule has 1 heterocycles. The van der Waals surface area contributed by atoms with Crippen LogP contribution in [0.3, 0.4) is 0 Å². The monoisotopic (exact) mass is 287 g/mol. The summed E-state index contributed by atoms with van der Waals surface area (Å²) in [6.07, 6.45) is 5.25. The molecule has 0 bridgehead atoms. The van der Waals surface area contributed by atoms with Crippen LogP contribution in [0.1, 0.15) is 41.6 Å². The SMILES string of the molecule is NC(=O)c1cccc(CN(CC2CCCNC2)C2CC2)c1. The summed E-state index contributed by atoms with van der Waals surface area (Å²) in [6.45, 7) is 4.41. The molecule has 1 aromatic carbocycles. The topological polar surface area (TPSA) is 58.4 Å². The average Bonchev–Trinajstić information content (AvgIpc) is 3.33. The van der Waals surface area contributed by atoms with Crippen LogP contribution in [0.25, 0.3) is 0 Å². The molecule has 1 saturated heterocycles. The molecule has 0 spiro atoms. The summed E-state index contributed by atoms with van der Waals surface area (Å²) in [5.74, 6) is 0.421. The number of carbonyl (C=O) groups is 1. The third kappa shape index (κ3) is 4.05. The van der Waals surface area contributed by atoms with Crippen molar-refractivity contribution < 1.29 is 4.79 Å².